The van der Waals surface area contributed by atoms with E-state index in [1.807, 2.05) is 5.01 Å². The van der Waals surface area contributed by atoms with E-state index in [-0.39, 0.29) is 31.2 Å². The van der Waals surface area contributed by atoms with Crippen LogP contribution in [0.4, 0.5) is 4.79 Å². The predicted molar refractivity (Wildman–Crippen MR) is 72.6 cm³/mol. The number of hydrogen-bond acceptors (Lipinski definition) is 3. The molecular weight excluding hydrogens is 246 g/mol. The highest BCUT2D eigenvalue weighted by Gasteiger charge is 2.27. The molecule has 108 valence electrons. The summed E-state index contributed by atoms with van der Waals surface area (Å²) in [6.07, 6.45) is 4.74. The largest absolute Gasteiger partial charge is 0.480 e. The number of hydrazine groups is 1. The summed E-state index contributed by atoms with van der Waals surface area (Å²) in [7, 11) is 0. The van der Waals surface area contributed by atoms with Gasteiger partial charge in [-0.1, -0.05) is 12.5 Å². The van der Waals surface area contributed by atoms with Crippen LogP contribution in [0.5, 0.6) is 0 Å². The number of urea groups is 1. The lowest BCUT2D eigenvalue weighted by atomic mass is 10.00. The Morgan fingerprint density at radius 1 is 1.42 bits per heavy atom. The van der Waals surface area contributed by atoms with E-state index in [1.54, 1.807) is 0 Å². The molecular formula is C13H23N3O3. The van der Waals surface area contributed by atoms with Crippen LogP contribution in [0.15, 0.2) is 12.7 Å². The molecule has 0 radical (unpaired) electrons. The lowest BCUT2D eigenvalue weighted by Gasteiger charge is -2.39. The Labute approximate surface area is 114 Å². The molecule has 0 bridgehead atoms. The van der Waals surface area contributed by atoms with Gasteiger partial charge in [0.1, 0.15) is 6.54 Å². The van der Waals surface area contributed by atoms with Crippen LogP contribution in [0.2, 0.25) is 0 Å². The molecule has 2 N–H and O–H groups in total. The quantitative estimate of drug-likeness (QED) is 0.741. The van der Waals surface area contributed by atoms with Gasteiger partial charge in [0, 0.05) is 18.6 Å². The molecule has 19 heavy (non-hydrogen) atoms. The van der Waals surface area contributed by atoms with Crippen molar-refractivity contribution < 1.29 is 14.7 Å². The molecule has 0 aromatic heterocycles. The number of carbonyl (C=O) groups is 2. The van der Waals surface area contributed by atoms with Gasteiger partial charge in [0.2, 0.25) is 0 Å². The van der Waals surface area contributed by atoms with Crippen LogP contribution >= 0.6 is 0 Å². The molecule has 2 unspecified atom stereocenters. The molecule has 0 aromatic rings. The third kappa shape index (κ3) is 4.55. The van der Waals surface area contributed by atoms with Crippen molar-refractivity contribution in [2.24, 2.45) is 0 Å². The summed E-state index contributed by atoms with van der Waals surface area (Å²) in [4.78, 5) is 24.1. The second-order valence-corrected chi connectivity index (χ2v) is 5.02. The second-order valence-electron chi connectivity index (χ2n) is 5.02. The molecule has 1 aliphatic rings. The molecule has 6 nitrogen and oxygen atoms in total. The molecule has 2 amide bonds. The number of nitrogens with zero attached hydrogens (tertiary/aromatic N) is 2. The third-order valence-corrected chi connectivity index (χ3v) is 3.38. The molecule has 0 saturated carbocycles. The number of carboxylic acids is 1. The van der Waals surface area contributed by atoms with Crippen molar-refractivity contribution in [3.63, 3.8) is 0 Å². The van der Waals surface area contributed by atoms with Gasteiger partial charge in [-0.3, -0.25) is 10.2 Å². The molecule has 0 spiro atoms. The van der Waals surface area contributed by atoms with Crippen LogP contribution < -0.4 is 5.43 Å². The average molecular weight is 269 g/mol. The first-order valence-electron chi connectivity index (χ1n) is 6.62. The number of amides is 2. The Morgan fingerprint density at radius 3 is 2.47 bits per heavy atom. The average Bonchev–Trinajstić information content (AvgIpc) is 2.32. The fourth-order valence-electron chi connectivity index (χ4n) is 2.36. The second kappa shape index (κ2) is 7.13. The Balaban J connectivity index is 2.63. The van der Waals surface area contributed by atoms with Gasteiger partial charge in [0.15, 0.2) is 0 Å². The highest BCUT2D eigenvalue weighted by molar-refractivity contribution is 5.79. The van der Waals surface area contributed by atoms with E-state index in [1.165, 1.54) is 11.0 Å². The van der Waals surface area contributed by atoms with Crippen molar-refractivity contribution in [3.05, 3.63) is 12.7 Å². The van der Waals surface area contributed by atoms with Gasteiger partial charge in [0.05, 0.1) is 0 Å². The van der Waals surface area contributed by atoms with Gasteiger partial charge in [-0.25, -0.2) is 9.80 Å². The zero-order valence-electron chi connectivity index (χ0n) is 11.6. The summed E-state index contributed by atoms with van der Waals surface area (Å²) in [5.41, 5.74) is 2.82. The number of aliphatic carboxylic acids is 1. The Kier molecular flexibility index (Phi) is 5.82. The maximum Gasteiger partial charge on any atom is 0.332 e. The molecule has 1 saturated heterocycles. The van der Waals surface area contributed by atoms with Crippen molar-refractivity contribution >= 4 is 12.0 Å². The molecule has 1 rings (SSSR count). The summed E-state index contributed by atoms with van der Waals surface area (Å²) in [5.74, 6) is -1.03. The normalized spacial score (nSPS) is 23.7. The van der Waals surface area contributed by atoms with E-state index >= 15 is 0 Å². The van der Waals surface area contributed by atoms with Crippen LogP contribution in [0.3, 0.4) is 0 Å². The first-order valence-corrected chi connectivity index (χ1v) is 6.62. The first kappa shape index (κ1) is 15.5. The van der Waals surface area contributed by atoms with Crippen molar-refractivity contribution in [1.29, 1.82) is 0 Å². The Bertz CT molecular complexity index is 336. The molecule has 0 aromatic carbocycles. The maximum atomic E-state index is 12.1. The van der Waals surface area contributed by atoms with Gasteiger partial charge in [-0.2, -0.15) is 0 Å². The van der Waals surface area contributed by atoms with Crippen molar-refractivity contribution in [2.75, 3.05) is 13.1 Å². The van der Waals surface area contributed by atoms with Crippen LogP contribution in [-0.4, -0.2) is 52.2 Å². The molecule has 0 aliphatic carbocycles. The minimum absolute atomic E-state index is 0.217. The topological polar surface area (TPSA) is 72.9 Å². The molecule has 1 fully saturated rings. The van der Waals surface area contributed by atoms with Crippen LogP contribution in [-0.2, 0) is 4.79 Å². The Morgan fingerprint density at radius 2 is 2.00 bits per heavy atom. The van der Waals surface area contributed by atoms with E-state index in [0.29, 0.717) is 0 Å². The van der Waals surface area contributed by atoms with E-state index in [0.717, 1.165) is 19.3 Å². The first-order chi connectivity index (χ1) is 8.95. The number of piperidine rings is 1. The number of rotatable bonds is 5. The zero-order chi connectivity index (χ0) is 14.4. The monoisotopic (exact) mass is 269 g/mol. The summed E-state index contributed by atoms with van der Waals surface area (Å²) in [6, 6.07) is 0.147. The number of carboxylic acid groups (broad SMARTS) is 1. The minimum atomic E-state index is -1.03. The van der Waals surface area contributed by atoms with Crippen LogP contribution in [0.1, 0.15) is 33.1 Å². The summed E-state index contributed by atoms with van der Waals surface area (Å²) < 4.78 is 0. The Hall–Kier alpha value is -1.56. The smallest absolute Gasteiger partial charge is 0.332 e. The van der Waals surface area contributed by atoms with Crippen molar-refractivity contribution in [2.45, 2.75) is 45.2 Å². The lowest BCUT2D eigenvalue weighted by molar-refractivity contribution is -0.137. The van der Waals surface area contributed by atoms with Crippen LogP contribution in [0, 0.1) is 0 Å². The van der Waals surface area contributed by atoms with Gasteiger partial charge < -0.3 is 10.0 Å². The maximum absolute atomic E-state index is 12.1. The number of hydrogen-bond donors (Lipinski definition) is 2. The number of carbonyl (C=O) groups excluding carboxylic acids is 1. The molecule has 1 aliphatic heterocycles. The lowest BCUT2D eigenvalue weighted by Crippen LogP contribution is -2.57. The highest BCUT2D eigenvalue weighted by Crippen LogP contribution is 2.20. The summed E-state index contributed by atoms with van der Waals surface area (Å²) in [5, 5.41) is 10.7. The standard InChI is InChI=1S/C13H23N3O3/c1-4-8-15(9-12(17)18)13(19)14-16-10(2)6-5-7-11(16)3/h4,10-11H,1,5-9H2,2-3H3,(H,14,19)(H,17,18). The van der Waals surface area contributed by atoms with Gasteiger partial charge in [0.25, 0.3) is 0 Å². The zero-order valence-corrected chi connectivity index (χ0v) is 11.6. The number of nitrogens with one attached hydrogen (secondary N) is 1. The fourth-order valence-corrected chi connectivity index (χ4v) is 2.36. The third-order valence-electron chi connectivity index (χ3n) is 3.38. The highest BCUT2D eigenvalue weighted by atomic mass is 16.4. The van der Waals surface area contributed by atoms with Crippen molar-refractivity contribution in [1.82, 2.24) is 15.3 Å². The van der Waals surface area contributed by atoms with Gasteiger partial charge in [-0.15, -0.1) is 6.58 Å². The molecule has 1 heterocycles. The molecule has 6 heteroatoms. The summed E-state index contributed by atoms with van der Waals surface area (Å²) in [6.45, 7) is 7.55. The van der Waals surface area contributed by atoms with Gasteiger partial charge >= 0.3 is 12.0 Å². The van der Waals surface area contributed by atoms with Crippen LogP contribution in [0.25, 0.3) is 0 Å². The predicted octanol–water partition coefficient (Wildman–Crippen LogP) is 1.45. The molecule has 2 atom stereocenters. The fraction of sp³-hybridized carbons (Fsp3) is 0.692. The van der Waals surface area contributed by atoms with E-state index < -0.39 is 5.97 Å². The minimum Gasteiger partial charge on any atom is -0.480 e. The van der Waals surface area contributed by atoms with E-state index in [2.05, 4.69) is 25.9 Å². The van der Waals surface area contributed by atoms with Crippen molar-refractivity contribution in [3.8, 4) is 0 Å². The SMILES string of the molecule is C=CCN(CC(=O)O)C(=O)NN1C(C)CCCC1C. The van der Waals surface area contributed by atoms with E-state index in [9.17, 15) is 9.59 Å². The van der Waals surface area contributed by atoms with Gasteiger partial charge in [-0.05, 0) is 26.7 Å². The summed E-state index contributed by atoms with van der Waals surface area (Å²) >= 11 is 0. The van der Waals surface area contributed by atoms with E-state index in [4.69, 9.17) is 5.11 Å².